The number of carbonyl (C=O) groups is 1. The summed E-state index contributed by atoms with van der Waals surface area (Å²) in [5.41, 5.74) is 1.16. The molecule has 2 nitrogen and oxygen atoms in total. The third-order valence-corrected chi connectivity index (χ3v) is 2.79. The van der Waals surface area contributed by atoms with Crippen LogP contribution in [0.3, 0.4) is 0 Å². The molecule has 72 valence electrons. The van der Waals surface area contributed by atoms with Crippen molar-refractivity contribution in [3.05, 3.63) is 47.5 Å². The molecule has 0 unspecified atom stereocenters. The van der Waals surface area contributed by atoms with Gasteiger partial charge in [-0.3, -0.25) is 4.79 Å². The van der Waals surface area contributed by atoms with Gasteiger partial charge in [0.1, 0.15) is 0 Å². The third kappa shape index (κ3) is 2.17. The lowest BCUT2D eigenvalue weighted by Crippen LogP contribution is -2.28. The first-order valence-electron chi connectivity index (χ1n) is 4.48. The molecular weight excluding hydrogens is 194 g/mol. The molecule has 0 saturated carbocycles. The molecule has 0 atom stereocenters. The Balaban J connectivity index is 2.07. The molecular formula is C11H11NOS. The molecule has 0 saturated heterocycles. The van der Waals surface area contributed by atoms with Gasteiger partial charge < -0.3 is 4.90 Å². The van der Waals surface area contributed by atoms with Gasteiger partial charge in [-0.05, 0) is 11.0 Å². The topological polar surface area (TPSA) is 20.3 Å². The quantitative estimate of drug-likeness (QED) is 0.738. The van der Waals surface area contributed by atoms with Crippen LogP contribution in [0.2, 0.25) is 0 Å². The van der Waals surface area contributed by atoms with E-state index in [0.29, 0.717) is 12.3 Å². The average molecular weight is 205 g/mol. The summed E-state index contributed by atoms with van der Waals surface area (Å²) in [4.78, 5) is 13.2. The number of thioether (sulfide) groups is 1. The number of rotatable bonds is 2. The Morgan fingerprint density at radius 1 is 1.29 bits per heavy atom. The smallest absolute Gasteiger partial charge is 0.237 e. The van der Waals surface area contributed by atoms with Crippen molar-refractivity contribution in [3.8, 4) is 0 Å². The second-order valence-corrected chi connectivity index (χ2v) is 4.00. The average Bonchev–Trinajstić information content (AvgIpc) is 2.23. The van der Waals surface area contributed by atoms with Crippen LogP contribution in [-0.2, 0) is 11.3 Å². The van der Waals surface area contributed by atoms with Gasteiger partial charge in [-0.15, -0.1) is 11.8 Å². The van der Waals surface area contributed by atoms with Gasteiger partial charge in [-0.1, -0.05) is 30.3 Å². The van der Waals surface area contributed by atoms with E-state index in [1.54, 1.807) is 16.7 Å². The summed E-state index contributed by atoms with van der Waals surface area (Å²) in [7, 11) is 0. The van der Waals surface area contributed by atoms with Crippen LogP contribution in [-0.4, -0.2) is 16.6 Å². The Labute approximate surface area is 87.6 Å². The fourth-order valence-electron chi connectivity index (χ4n) is 1.32. The molecule has 0 aromatic heterocycles. The fraction of sp³-hybridized carbons (Fsp3) is 0.182. The number of hydrogen-bond donors (Lipinski definition) is 0. The summed E-state index contributed by atoms with van der Waals surface area (Å²) in [6.07, 6.45) is 1.85. The van der Waals surface area contributed by atoms with Gasteiger partial charge in [-0.2, -0.15) is 0 Å². The highest BCUT2D eigenvalue weighted by Crippen LogP contribution is 2.15. The fourth-order valence-corrected chi connectivity index (χ4v) is 1.96. The summed E-state index contributed by atoms with van der Waals surface area (Å²) in [6.45, 7) is 0.677. The Morgan fingerprint density at radius 3 is 2.79 bits per heavy atom. The molecule has 1 amide bonds. The molecule has 0 N–H and O–H groups in total. The Bertz CT molecular complexity index is 348. The molecule has 0 bridgehead atoms. The molecule has 3 heteroatoms. The van der Waals surface area contributed by atoms with Crippen molar-refractivity contribution in [2.24, 2.45) is 0 Å². The molecule has 0 radical (unpaired) electrons. The SMILES string of the molecule is O=C1CSC=CN1Cc1ccccc1. The third-order valence-electron chi connectivity index (χ3n) is 2.06. The predicted octanol–water partition coefficient (Wildman–Crippen LogP) is 2.23. The van der Waals surface area contributed by atoms with Crippen molar-refractivity contribution in [2.45, 2.75) is 6.54 Å². The van der Waals surface area contributed by atoms with Crippen molar-refractivity contribution in [2.75, 3.05) is 5.75 Å². The standard InChI is InChI=1S/C11H11NOS/c13-11-9-14-7-6-12(11)8-10-4-2-1-3-5-10/h1-7H,8-9H2. The zero-order valence-electron chi connectivity index (χ0n) is 7.72. The van der Waals surface area contributed by atoms with Crippen molar-refractivity contribution in [1.29, 1.82) is 0 Å². The first-order valence-corrected chi connectivity index (χ1v) is 5.53. The van der Waals surface area contributed by atoms with Crippen molar-refractivity contribution >= 4 is 17.7 Å². The lowest BCUT2D eigenvalue weighted by molar-refractivity contribution is -0.126. The molecule has 0 aliphatic carbocycles. The predicted molar refractivity (Wildman–Crippen MR) is 58.6 cm³/mol. The molecule has 1 aromatic rings. The van der Waals surface area contributed by atoms with Crippen LogP contribution in [0.25, 0.3) is 0 Å². The van der Waals surface area contributed by atoms with Crippen molar-refractivity contribution in [1.82, 2.24) is 4.90 Å². The molecule has 1 aliphatic rings. The lowest BCUT2D eigenvalue weighted by atomic mass is 10.2. The first kappa shape index (κ1) is 9.34. The van der Waals surface area contributed by atoms with E-state index in [4.69, 9.17) is 0 Å². The highest BCUT2D eigenvalue weighted by Gasteiger charge is 2.13. The molecule has 0 spiro atoms. The van der Waals surface area contributed by atoms with Crippen molar-refractivity contribution < 1.29 is 4.79 Å². The van der Waals surface area contributed by atoms with Gasteiger partial charge in [0.2, 0.25) is 5.91 Å². The largest absolute Gasteiger partial charge is 0.313 e. The van der Waals surface area contributed by atoms with E-state index in [2.05, 4.69) is 0 Å². The van der Waals surface area contributed by atoms with Crippen LogP contribution in [0.15, 0.2) is 41.9 Å². The van der Waals surface area contributed by atoms with Crippen LogP contribution in [0.4, 0.5) is 0 Å². The first-order chi connectivity index (χ1) is 6.86. The van der Waals surface area contributed by atoms with E-state index in [-0.39, 0.29) is 5.91 Å². The number of nitrogens with zero attached hydrogens (tertiary/aromatic N) is 1. The van der Waals surface area contributed by atoms with E-state index in [0.717, 1.165) is 5.56 Å². The van der Waals surface area contributed by atoms with Crippen LogP contribution in [0.1, 0.15) is 5.56 Å². The van der Waals surface area contributed by atoms with Gasteiger partial charge >= 0.3 is 0 Å². The zero-order valence-corrected chi connectivity index (χ0v) is 8.54. The highest BCUT2D eigenvalue weighted by molar-refractivity contribution is 8.02. The number of amides is 1. The van der Waals surface area contributed by atoms with Gasteiger partial charge in [0.05, 0.1) is 12.3 Å². The van der Waals surface area contributed by atoms with E-state index in [1.165, 1.54) is 0 Å². The van der Waals surface area contributed by atoms with E-state index in [1.807, 2.05) is 41.9 Å². The summed E-state index contributed by atoms with van der Waals surface area (Å²) >= 11 is 1.55. The Hall–Kier alpha value is -1.22. The molecule has 2 rings (SSSR count). The molecule has 14 heavy (non-hydrogen) atoms. The number of benzene rings is 1. The number of carbonyl (C=O) groups excluding carboxylic acids is 1. The Kier molecular flexibility index (Phi) is 2.89. The van der Waals surface area contributed by atoms with E-state index >= 15 is 0 Å². The van der Waals surface area contributed by atoms with Crippen LogP contribution in [0, 0.1) is 0 Å². The molecule has 1 aromatic carbocycles. The summed E-state index contributed by atoms with van der Waals surface area (Å²) in [5.74, 6) is 0.741. The normalized spacial score (nSPS) is 16.0. The van der Waals surface area contributed by atoms with Gasteiger partial charge in [-0.25, -0.2) is 0 Å². The maximum Gasteiger partial charge on any atom is 0.237 e. The minimum Gasteiger partial charge on any atom is -0.313 e. The number of hydrogen-bond acceptors (Lipinski definition) is 2. The monoisotopic (exact) mass is 205 g/mol. The molecule has 1 heterocycles. The maximum atomic E-state index is 11.5. The zero-order chi connectivity index (χ0) is 9.80. The summed E-state index contributed by atoms with van der Waals surface area (Å²) in [6, 6.07) is 10.0. The van der Waals surface area contributed by atoms with Gasteiger partial charge in [0, 0.05) is 6.20 Å². The van der Waals surface area contributed by atoms with Crippen LogP contribution < -0.4 is 0 Å². The minimum atomic E-state index is 0.182. The summed E-state index contributed by atoms with van der Waals surface area (Å²) in [5, 5.41) is 1.96. The molecule has 0 fully saturated rings. The lowest BCUT2D eigenvalue weighted by Gasteiger charge is -2.20. The highest BCUT2D eigenvalue weighted by atomic mass is 32.2. The Morgan fingerprint density at radius 2 is 2.07 bits per heavy atom. The van der Waals surface area contributed by atoms with E-state index < -0.39 is 0 Å². The van der Waals surface area contributed by atoms with Crippen LogP contribution >= 0.6 is 11.8 Å². The van der Waals surface area contributed by atoms with Crippen LogP contribution in [0.5, 0.6) is 0 Å². The van der Waals surface area contributed by atoms with Crippen molar-refractivity contribution in [3.63, 3.8) is 0 Å². The minimum absolute atomic E-state index is 0.182. The second-order valence-electron chi connectivity index (χ2n) is 3.10. The second kappa shape index (κ2) is 4.33. The maximum absolute atomic E-state index is 11.5. The summed E-state index contributed by atoms with van der Waals surface area (Å²) < 4.78 is 0. The van der Waals surface area contributed by atoms with Gasteiger partial charge in [0.15, 0.2) is 0 Å². The van der Waals surface area contributed by atoms with Gasteiger partial charge in [0.25, 0.3) is 0 Å². The molecule has 1 aliphatic heterocycles. The van der Waals surface area contributed by atoms with E-state index in [9.17, 15) is 4.79 Å².